The fraction of sp³-hybridized carbons (Fsp3) is 0.364. The highest BCUT2D eigenvalue weighted by molar-refractivity contribution is 7.80. The van der Waals surface area contributed by atoms with E-state index < -0.39 is 0 Å². The Bertz CT molecular complexity index is 360. The van der Waals surface area contributed by atoms with Gasteiger partial charge in [0.15, 0.2) is 5.11 Å². The van der Waals surface area contributed by atoms with Crippen LogP contribution in [0.5, 0.6) is 0 Å². The molecular weight excluding hydrogens is 227 g/mol. The van der Waals surface area contributed by atoms with Gasteiger partial charge in [-0.2, -0.15) is 0 Å². The summed E-state index contributed by atoms with van der Waals surface area (Å²) >= 11 is 5.12. The van der Waals surface area contributed by atoms with E-state index in [1.807, 2.05) is 0 Å². The summed E-state index contributed by atoms with van der Waals surface area (Å²) in [6.07, 6.45) is 0. The molecule has 0 radical (unpaired) electrons. The van der Waals surface area contributed by atoms with E-state index >= 15 is 0 Å². The van der Waals surface area contributed by atoms with Gasteiger partial charge in [-0.25, -0.2) is 4.39 Å². The molecule has 0 amide bonds. The first-order valence-electron chi connectivity index (χ1n) is 4.92. The van der Waals surface area contributed by atoms with Gasteiger partial charge in [-0.3, -0.25) is 0 Å². The number of thiocarbonyl (C=S) groups is 1. The zero-order chi connectivity index (χ0) is 12.0. The SMILES string of the molecule is COCCNC(=S)N(C)c1ccccc1F. The van der Waals surface area contributed by atoms with Crippen molar-refractivity contribution in [2.45, 2.75) is 0 Å². The third-order valence-electron chi connectivity index (χ3n) is 2.10. The normalized spacial score (nSPS) is 9.94. The quantitative estimate of drug-likeness (QED) is 0.642. The summed E-state index contributed by atoms with van der Waals surface area (Å²) < 4.78 is 18.3. The van der Waals surface area contributed by atoms with Crippen LogP contribution in [0, 0.1) is 5.82 Å². The molecule has 5 heteroatoms. The number of hydrogen-bond donors (Lipinski definition) is 1. The number of para-hydroxylation sites is 1. The lowest BCUT2D eigenvalue weighted by molar-refractivity contribution is 0.204. The molecule has 1 N–H and O–H groups in total. The highest BCUT2D eigenvalue weighted by Crippen LogP contribution is 2.16. The predicted octanol–water partition coefficient (Wildman–Crippen LogP) is 1.78. The molecule has 88 valence electrons. The molecule has 0 saturated heterocycles. The zero-order valence-corrected chi connectivity index (χ0v) is 10.2. The maximum absolute atomic E-state index is 13.4. The summed E-state index contributed by atoms with van der Waals surface area (Å²) in [6.45, 7) is 1.17. The van der Waals surface area contributed by atoms with Crippen LogP contribution < -0.4 is 10.2 Å². The Kier molecular flexibility index (Phi) is 5.14. The number of methoxy groups -OCH3 is 1. The van der Waals surface area contributed by atoms with Gasteiger partial charge in [-0.05, 0) is 24.4 Å². The van der Waals surface area contributed by atoms with E-state index in [4.69, 9.17) is 17.0 Å². The van der Waals surface area contributed by atoms with Crippen molar-refractivity contribution in [3.63, 3.8) is 0 Å². The first-order valence-corrected chi connectivity index (χ1v) is 5.32. The van der Waals surface area contributed by atoms with Gasteiger partial charge in [0, 0.05) is 20.7 Å². The number of hydrogen-bond acceptors (Lipinski definition) is 2. The minimum Gasteiger partial charge on any atom is -0.383 e. The number of ether oxygens (including phenoxy) is 1. The molecule has 0 atom stereocenters. The Morgan fingerprint density at radius 2 is 2.19 bits per heavy atom. The van der Waals surface area contributed by atoms with E-state index in [9.17, 15) is 4.39 Å². The summed E-state index contributed by atoms with van der Waals surface area (Å²) in [5.74, 6) is -0.291. The van der Waals surface area contributed by atoms with E-state index in [1.165, 1.54) is 6.07 Å². The molecule has 0 aromatic heterocycles. The maximum Gasteiger partial charge on any atom is 0.173 e. The minimum atomic E-state index is -0.291. The van der Waals surface area contributed by atoms with Crippen molar-refractivity contribution in [3.05, 3.63) is 30.1 Å². The van der Waals surface area contributed by atoms with E-state index in [-0.39, 0.29) is 5.82 Å². The smallest absolute Gasteiger partial charge is 0.173 e. The van der Waals surface area contributed by atoms with Gasteiger partial charge in [-0.1, -0.05) is 12.1 Å². The number of anilines is 1. The van der Waals surface area contributed by atoms with Gasteiger partial charge in [-0.15, -0.1) is 0 Å². The molecule has 0 spiro atoms. The first kappa shape index (κ1) is 12.9. The van der Waals surface area contributed by atoms with Crippen LogP contribution >= 0.6 is 12.2 Å². The van der Waals surface area contributed by atoms with Crippen LogP contribution in [0.15, 0.2) is 24.3 Å². The summed E-state index contributed by atoms with van der Waals surface area (Å²) in [6, 6.07) is 6.50. The zero-order valence-electron chi connectivity index (χ0n) is 9.37. The van der Waals surface area contributed by atoms with Crippen LogP contribution in [0.2, 0.25) is 0 Å². The summed E-state index contributed by atoms with van der Waals surface area (Å²) in [4.78, 5) is 1.60. The molecule has 0 fully saturated rings. The molecule has 3 nitrogen and oxygen atoms in total. The molecule has 0 saturated carbocycles. The monoisotopic (exact) mass is 242 g/mol. The molecule has 1 rings (SSSR count). The summed E-state index contributed by atoms with van der Waals surface area (Å²) in [5, 5.41) is 3.45. The highest BCUT2D eigenvalue weighted by Gasteiger charge is 2.10. The van der Waals surface area contributed by atoms with Crippen molar-refractivity contribution in [3.8, 4) is 0 Å². The van der Waals surface area contributed by atoms with Crippen molar-refractivity contribution in [1.82, 2.24) is 5.32 Å². The van der Waals surface area contributed by atoms with Gasteiger partial charge < -0.3 is 15.0 Å². The third-order valence-corrected chi connectivity index (χ3v) is 2.52. The van der Waals surface area contributed by atoms with Crippen LogP contribution in [-0.2, 0) is 4.74 Å². The van der Waals surface area contributed by atoms with Crippen molar-refractivity contribution in [2.75, 3.05) is 32.2 Å². The predicted molar refractivity (Wildman–Crippen MR) is 67.3 cm³/mol. The largest absolute Gasteiger partial charge is 0.383 e. The van der Waals surface area contributed by atoms with Crippen LogP contribution in [-0.4, -0.2) is 32.4 Å². The minimum absolute atomic E-state index is 0.291. The van der Waals surface area contributed by atoms with Crippen LogP contribution in [0.3, 0.4) is 0 Å². The molecule has 0 bridgehead atoms. The van der Waals surface area contributed by atoms with Crippen molar-refractivity contribution < 1.29 is 9.13 Å². The van der Waals surface area contributed by atoms with Gasteiger partial charge in [0.2, 0.25) is 0 Å². The number of nitrogens with one attached hydrogen (secondary N) is 1. The van der Waals surface area contributed by atoms with Gasteiger partial charge in [0.05, 0.1) is 12.3 Å². The molecule has 0 aliphatic carbocycles. The van der Waals surface area contributed by atoms with Gasteiger partial charge in [0.25, 0.3) is 0 Å². The average Bonchev–Trinajstić information content (AvgIpc) is 2.29. The number of benzene rings is 1. The Morgan fingerprint density at radius 3 is 2.81 bits per heavy atom. The number of nitrogens with zero attached hydrogens (tertiary/aromatic N) is 1. The molecule has 16 heavy (non-hydrogen) atoms. The molecule has 0 heterocycles. The second kappa shape index (κ2) is 6.40. The van der Waals surface area contributed by atoms with Crippen LogP contribution in [0.1, 0.15) is 0 Å². The molecule has 0 aliphatic rings. The Balaban J connectivity index is 2.60. The molecule has 1 aromatic rings. The third kappa shape index (κ3) is 3.43. The fourth-order valence-electron chi connectivity index (χ4n) is 1.21. The first-order chi connectivity index (χ1) is 7.66. The van der Waals surface area contributed by atoms with E-state index in [2.05, 4.69) is 5.32 Å². The maximum atomic E-state index is 13.4. The van der Waals surface area contributed by atoms with Crippen molar-refractivity contribution >= 4 is 23.0 Å². The van der Waals surface area contributed by atoms with Crippen LogP contribution in [0.4, 0.5) is 10.1 Å². The standard InChI is InChI=1S/C11H15FN2OS/c1-14(11(16)13-7-8-15-2)10-6-4-3-5-9(10)12/h3-6H,7-8H2,1-2H3,(H,13,16). The Morgan fingerprint density at radius 1 is 1.50 bits per heavy atom. The van der Waals surface area contributed by atoms with Crippen molar-refractivity contribution in [1.29, 1.82) is 0 Å². The van der Waals surface area contributed by atoms with E-state index in [1.54, 1.807) is 37.3 Å². The molecule has 0 unspecified atom stereocenters. The fourth-order valence-corrected chi connectivity index (χ4v) is 1.41. The number of rotatable bonds is 4. The molecular formula is C11H15FN2OS. The lowest BCUT2D eigenvalue weighted by atomic mass is 10.3. The highest BCUT2D eigenvalue weighted by atomic mass is 32.1. The lowest BCUT2D eigenvalue weighted by Crippen LogP contribution is -2.38. The summed E-state index contributed by atoms with van der Waals surface area (Å²) in [5.41, 5.74) is 0.456. The summed E-state index contributed by atoms with van der Waals surface area (Å²) in [7, 11) is 3.34. The number of halogens is 1. The van der Waals surface area contributed by atoms with Gasteiger partial charge >= 0.3 is 0 Å². The Labute approximate surface area is 100 Å². The Hall–Kier alpha value is -1.20. The molecule has 1 aromatic carbocycles. The second-order valence-corrected chi connectivity index (χ2v) is 3.62. The van der Waals surface area contributed by atoms with Gasteiger partial charge in [0.1, 0.15) is 5.82 Å². The van der Waals surface area contributed by atoms with Crippen LogP contribution in [0.25, 0.3) is 0 Å². The topological polar surface area (TPSA) is 24.5 Å². The lowest BCUT2D eigenvalue weighted by Gasteiger charge is -2.21. The second-order valence-electron chi connectivity index (χ2n) is 3.24. The average molecular weight is 242 g/mol. The van der Waals surface area contributed by atoms with Crippen molar-refractivity contribution in [2.24, 2.45) is 0 Å². The van der Waals surface area contributed by atoms with E-state index in [0.717, 1.165) is 0 Å². The molecule has 0 aliphatic heterocycles. The van der Waals surface area contributed by atoms with E-state index in [0.29, 0.717) is 24.0 Å².